The van der Waals surface area contributed by atoms with E-state index in [9.17, 15) is 13.5 Å². The minimum absolute atomic E-state index is 0.0651. The number of aryl methyl sites for hydroxylation is 2. The zero-order valence-electron chi connectivity index (χ0n) is 15.4. The van der Waals surface area contributed by atoms with E-state index < -0.39 is 10.0 Å². The number of aromatic nitrogens is 1. The molecule has 3 aromatic rings. The Kier molecular flexibility index (Phi) is 5.21. The summed E-state index contributed by atoms with van der Waals surface area (Å²) >= 11 is 0. The van der Waals surface area contributed by atoms with Gasteiger partial charge in [-0.3, -0.25) is 0 Å². The topological polar surface area (TPSA) is 59.3 Å². The van der Waals surface area contributed by atoms with Crippen molar-refractivity contribution in [3.05, 3.63) is 65.4 Å². The Hall–Kier alpha value is -2.11. The molecular weight excluding hydrogens is 346 g/mol. The maximum Gasteiger partial charge on any atom is 0.268 e. The highest BCUT2D eigenvalue weighted by Crippen LogP contribution is 2.33. The molecule has 0 aliphatic rings. The number of aliphatic hydroxyl groups is 1. The number of aliphatic hydroxyl groups excluding tert-OH is 1. The summed E-state index contributed by atoms with van der Waals surface area (Å²) in [7, 11) is -3.68. The van der Waals surface area contributed by atoms with Gasteiger partial charge >= 0.3 is 0 Å². The van der Waals surface area contributed by atoms with Crippen LogP contribution < -0.4 is 0 Å². The second kappa shape index (κ2) is 7.25. The Morgan fingerprint density at radius 1 is 1.08 bits per heavy atom. The maximum absolute atomic E-state index is 13.3. The molecule has 1 heterocycles. The lowest BCUT2D eigenvalue weighted by Crippen LogP contribution is -2.13. The summed E-state index contributed by atoms with van der Waals surface area (Å²) in [6.07, 6.45) is 3.07. The fourth-order valence-electron chi connectivity index (χ4n) is 3.39. The molecule has 0 radical (unpaired) electrons. The van der Waals surface area contributed by atoms with Gasteiger partial charge in [-0.2, -0.15) is 0 Å². The van der Waals surface area contributed by atoms with Crippen LogP contribution in [0.25, 0.3) is 10.9 Å². The van der Waals surface area contributed by atoms with Gasteiger partial charge in [-0.15, -0.1) is 0 Å². The molecule has 0 fully saturated rings. The summed E-state index contributed by atoms with van der Waals surface area (Å²) < 4.78 is 27.9. The molecule has 0 spiro atoms. The van der Waals surface area contributed by atoms with E-state index in [0.717, 1.165) is 34.0 Å². The molecule has 1 atom stereocenters. The number of hydrogen-bond donors (Lipinski definition) is 1. The van der Waals surface area contributed by atoms with Crippen LogP contribution in [0.4, 0.5) is 0 Å². The Balaban J connectivity index is 2.27. The summed E-state index contributed by atoms with van der Waals surface area (Å²) in [5.41, 5.74) is 3.82. The number of nitrogens with zero attached hydrogens (tertiary/aromatic N) is 1. The molecule has 26 heavy (non-hydrogen) atoms. The van der Waals surface area contributed by atoms with Crippen LogP contribution in [0, 0.1) is 6.92 Å². The molecule has 5 heteroatoms. The SMILES string of the molecule is CCc1ccc([C@@H](C)CCO)c2c1ccn2S(=O)(=O)c1ccc(C)cc1. The van der Waals surface area contributed by atoms with Crippen molar-refractivity contribution in [1.82, 2.24) is 3.97 Å². The first kappa shape index (κ1) is 18.7. The second-order valence-corrected chi connectivity index (χ2v) is 8.59. The summed E-state index contributed by atoms with van der Waals surface area (Å²) in [6, 6.07) is 12.9. The Labute approximate surface area is 155 Å². The molecular formula is C21H25NO3S. The predicted octanol–water partition coefficient (Wildman–Crippen LogP) is 4.24. The second-order valence-electron chi connectivity index (χ2n) is 6.77. The fourth-order valence-corrected chi connectivity index (χ4v) is 4.77. The van der Waals surface area contributed by atoms with Crippen molar-refractivity contribution in [2.24, 2.45) is 0 Å². The van der Waals surface area contributed by atoms with Crippen LogP contribution in [0.2, 0.25) is 0 Å². The first-order chi connectivity index (χ1) is 12.4. The molecule has 0 aliphatic carbocycles. The van der Waals surface area contributed by atoms with Crippen molar-refractivity contribution in [3.63, 3.8) is 0 Å². The van der Waals surface area contributed by atoms with E-state index in [1.165, 1.54) is 3.97 Å². The molecule has 0 saturated heterocycles. The van der Waals surface area contributed by atoms with Crippen molar-refractivity contribution in [2.45, 2.75) is 44.4 Å². The van der Waals surface area contributed by atoms with Crippen molar-refractivity contribution in [1.29, 1.82) is 0 Å². The summed E-state index contributed by atoms with van der Waals surface area (Å²) in [5.74, 6) is 0.0651. The van der Waals surface area contributed by atoms with Crippen molar-refractivity contribution in [2.75, 3.05) is 6.61 Å². The van der Waals surface area contributed by atoms with Gasteiger partial charge in [0, 0.05) is 18.2 Å². The first-order valence-electron chi connectivity index (χ1n) is 8.96. The largest absolute Gasteiger partial charge is 0.396 e. The number of rotatable bonds is 6. The van der Waals surface area contributed by atoms with Gasteiger partial charge in [0.25, 0.3) is 10.0 Å². The fraction of sp³-hybridized carbons (Fsp3) is 0.333. The highest BCUT2D eigenvalue weighted by molar-refractivity contribution is 7.90. The average molecular weight is 372 g/mol. The molecule has 2 aromatic carbocycles. The number of benzene rings is 2. The van der Waals surface area contributed by atoms with Gasteiger partial charge in [-0.05, 0) is 55.0 Å². The van der Waals surface area contributed by atoms with Gasteiger partial charge < -0.3 is 5.11 Å². The van der Waals surface area contributed by atoms with Gasteiger partial charge in [0.2, 0.25) is 0 Å². The number of fused-ring (bicyclic) bond motifs is 1. The van der Waals surface area contributed by atoms with Crippen molar-refractivity contribution in [3.8, 4) is 0 Å². The Morgan fingerprint density at radius 2 is 1.77 bits per heavy atom. The minimum Gasteiger partial charge on any atom is -0.396 e. The molecule has 4 nitrogen and oxygen atoms in total. The van der Waals surface area contributed by atoms with Crippen LogP contribution in [-0.4, -0.2) is 24.1 Å². The molecule has 0 saturated carbocycles. The van der Waals surface area contributed by atoms with E-state index in [-0.39, 0.29) is 17.4 Å². The van der Waals surface area contributed by atoms with Crippen molar-refractivity contribution >= 4 is 20.9 Å². The quantitative estimate of drug-likeness (QED) is 0.705. The van der Waals surface area contributed by atoms with E-state index in [1.807, 2.05) is 38.1 Å². The van der Waals surface area contributed by atoms with E-state index in [4.69, 9.17) is 0 Å². The first-order valence-corrected chi connectivity index (χ1v) is 10.4. The summed E-state index contributed by atoms with van der Waals surface area (Å²) in [6.45, 7) is 6.09. The summed E-state index contributed by atoms with van der Waals surface area (Å²) in [5, 5.41) is 10.3. The zero-order valence-corrected chi connectivity index (χ0v) is 16.3. The standard InChI is InChI=1S/C21H25NO3S/c1-4-17-7-10-19(16(3)12-14-23)21-20(17)11-13-22(21)26(24,25)18-8-5-15(2)6-9-18/h5-11,13,16,23H,4,12,14H2,1-3H3/t16-/m0/s1. The van der Waals surface area contributed by atoms with Crippen LogP contribution in [0.3, 0.4) is 0 Å². The lowest BCUT2D eigenvalue weighted by atomic mass is 9.94. The predicted molar refractivity (Wildman–Crippen MR) is 105 cm³/mol. The molecule has 0 amide bonds. The maximum atomic E-state index is 13.3. The lowest BCUT2D eigenvalue weighted by Gasteiger charge is -2.17. The Morgan fingerprint density at radius 3 is 2.38 bits per heavy atom. The third kappa shape index (κ3) is 3.17. The van der Waals surface area contributed by atoms with Crippen LogP contribution in [0.15, 0.2) is 53.6 Å². The molecule has 0 unspecified atom stereocenters. The average Bonchev–Trinajstić information content (AvgIpc) is 3.07. The van der Waals surface area contributed by atoms with Gasteiger partial charge in [0.05, 0.1) is 10.4 Å². The number of hydrogen-bond acceptors (Lipinski definition) is 3. The van der Waals surface area contributed by atoms with E-state index in [0.29, 0.717) is 6.42 Å². The van der Waals surface area contributed by atoms with Gasteiger partial charge in [0.15, 0.2) is 0 Å². The van der Waals surface area contributed by atoms with Crippen LogP contribution in [0.1, 0.15) is 42.9 Å². The lowest BCUT2D eigenvalue weighted by molar-refractivity contribution is 0.279. The van der Waals surface area contributed by atoms with Gasteiger partial charge in [-0.1, -0.05) is 43.7 Å². The highest BCUT2D eigenvalue weighted by Gasteiger charge is 2.23. The van der Waals surface area contributed by atoms with Crippen LogP contribution in [-0.2, 0) is 16.4 Å². The molecule has 1 aromatic heterocycles. The monoisotopic (exact) mass is 371 g/mol. The van der Waals surface area contributed by atoms with Crippen molar-refractivity contribution < 1.29 is 13.5 Å². The van der Waals surface area contributed by atoms with Gasteiger partial charge in [-0.25, -0.2) is 12.4 Å². The van der Waals surface area contributed by atoms with E-state index >= 15 is 0 Å². The smallest absolute Gasteiger partial charge is 0.268 e. The van der Waals surface area contributed by atoms with Gasteiger partial charge in [0.1, 0.15) is 0 Å². The molecule has 138 valence electrons. The van der Waals surface area contributed by atoms with Crippen LogP contribution >= 0.6 is 0 Å². The normalized spacial score (nSPS) is 13.2. The highest BCUT2D eigenvalue weighted by atomic mass is 32.2. The summed E-state index contributed by atoms with van der Waals surface area (Å²) in [4.78, 5) is 0.281. The molecule has 0 aliphatic heterocycles. The van der Waals surface area contributed by atoms with E-state index in [1.54, 1.807) is 18.3 Å². The Bertz CT molecular complexity index is 1020. The third-order valence-electron chi connectivity index (χ3n) is 4.99. The van der Waals surface area contributed by atoms with Crippen LogP contribution in [0.5, 0.6) is 0 Å². The third-order valence-corrected chi connectivity index (χ3v) is 6.68. The zero-order chi connectivity index (χ0) is 18.9. The molecule has 0 bridgehead atoms. The minimum atomic E-state index is -3.68. The van der Waals surface area contributed by atoms with E-state index in [2.05, 4.69) is 13.0 Å². The molecule has 1 N–H and O–H groups in total. The molecule has 3 rings (SSSR count).